The Kier molecular flexibility index (Phi) is 23.8. The molecule has 0 saturated heterocycles. The van der Waals surface area contributed by atoms with E-state index in [1.807, 2.05) is 0 Å². The molecule has 0 aromatic heterocycles. The number of esters is 2. The second-order valence-corrected chi connectivity index (χ2v) is 10.6. The average molecular weight is 481 g/mol. The number of allylic oxidation sites excluding steroid dienone is 2. The van der Waals surface area contributed by atoms with Crippen LogP contribution in [0.4, 0.5) is 0 Å². The third-order valence-electron chi connectivity index (χ3n) is 6.09. The van der Waals surface area contributed by atoms with Crippen molar-refractivity contribution >= 4 is 11.9 Å². The van der Waals surface area contributed by atoms with Gasteiger partial charge in [0.2, 0.25) is 0 Å². The maximum absolute atomic E-state index is 11.6. The lowest BCUT2D eigenvalue weighted by Gasteiger charge is -2.06. The molecule has 0 rings (SSSR count). The highest BCUT2D eigenvalue weighted by molar-refractivity contribution is 5.69. The van der Waals surface area contributed by atoms with Crippen molar-refractivity contribution in [1.29, 1.82) is 0 Å². The summed E-state index contributed by atoms with van der Waals surface area (Å²) in [5, 5.41) is 0. The van der Waals surface area contributed by atoms with E-state index in [1.54, 1.807) is 0 Å². The third kappa shape index (κ3) is 26.9. The number of carbonyl (C=O) groups excluding carboxylic acids is 2. The molecule has 0 N–H and O–H groups in total. The molecule has 0 bridgehead atoms. The van der Waals surface area contributed by atoms with Crippen molar-refractivity contribution in [3.05, 3.63) is 12.2 Å². The molecule has 0 aromatic rings. The quantitative estimate of drug-likeness (QED) is 0.0785. The molecule has 0 heterocycles. The number of hydrogen-bond acceptors (Lipinski definition) is 4. The molecular weight excluding hydrogens is 424 g/mol. The fraction of sp³-hybridized carbons (Fsp3) is 0.867. The lowest BCUT2D eigenvalue weighted by atomic mass is 10.1. The van der Waals surface area contributed by atoms with E-state index in [0.717, 1.165) is 44.9 Å². The monoisotopic (exact) mass is 480 g/mol. The van der Waals surface area contributed by atoms with Gasteiger partial charge in [0.15, 0.2) is 0 Å². The van der Waals surface area contributed by atoms with Crippen LogP contribution in [0.5, 0.6) is 0 Å². The van der Waals surface area contributed by atoms with Gasteiger partial charge in [-0.2, -0.15) is 0 Å². The molecule has 4 heteroatoms. The van der Waals surface area contributed by atoms with E-state index in [-0.39, 0.29) is 11.9 Å². The molecule has 0 amide bonds. The third-order valence-corrected chi connectivity index (χ3v) is 6.09. The van der Waals surface area contributed by atoms with Gasteiger partial charge in [-0.05, 0) is 63.2 Å². The van der Waals surface area contributed by atoms with Gasteiger partial charge >= 0.3 is 11.9 Å². The van der Waals surface area contributed by atoms with Crippen LogP contribution in [0.25, 0.3) is 0 Å². The van der Waals surface area contributed by atoms with Gasteiger partial charge in [-0.15, -0.1) is 0 Å². The highest BCUT2D eigenvalue weighted by atomic mass is 16.5. The van der Waals surface area contributed by atoms with Gasteiger partial charge in [-0.3, -0.25) is 9.59 Å². The average Bonchev–Trinajstić information content (AvgIpc) is 2.77. The van der Waals surface area contributed by atoms with E-state index in [0.29, 0.717) is 37.9 Å². The Bertz CT molecular complexity index is 496. The van der Waals surface area contributed by atoms with Gasteiger partial charge in [0, 0.05) is 12.8 Å². The van der Waals surface area contributed by atoms with Crippen molar-refractivity contribution in [2.45, 2.75) is 143 Å². The molecule has 0 atom stereocenters. The van der Waals surface area contributed by atoms with E-state index in [4.69, 9.17) is 9.47 Å². The molecule has 34 heavy (non-hydrogen) atoms. The summed E-state index contributed by atoms with van der Waals surface area (Å²) in [6.45, 7) is 9.73. The fourth-order valence-electron chi connectivity index (χ4n) is 3.67. The Morgan fingerprint density at radius 3 is 1.21 bits per heavy atom. The van der Waals surface area contributed by atoms with Crippen molar-refractivity contribution in [3.63, 3.8) is 0 Å². The minimum Gasteiger partial charge on any atom is -0.466 e. The number of rotatable bonds is 24. The largest absolute Gasteiger partial charge is 0.466 e. The molecule has 0 spiro atoms. The molecular formula is C30H56O4. The van der Waals surface area contributed by atoms with E-state index in [9.17, 15) is 9.59 Å². The molecule has 0 aliphatic heterocycles. The smallest absolute Gasteiger partial charge is 0.305 e. The summed E-state index contributed by atoms with van der Waals surface area (Å²) >= 11 is 0. The van der Waals surface area contributed by atoms with Crippen LogP contribution in [0.1, 0.15) is 143 Å². The van der Waals surface area contributed by atoms with Crippen LogP contribution in [0, 0.1) is 11.8 Å². The van der Waals surface area contributed by atoms with Gasteiger partial charge in [0.05, 0.1) is 13.2 Å². The minimum absolute atomic E-state index is 0.0248. The van der Waals surface area contributed by atoms with Gasteiger partial charge in [0.1, 0.15) is 0 Å². The molecule has 200 valence electrons. The molecule has 0 radical (unpaired) electrons. The van der Waals surface area contributed by atoms with Crippen LogP contribution in [0.3, 0.4) is 0 Å². The Balaban J connectivity index is 3.26. The van der Waals surface area contributed by atoms with E-state index in [1.165, 1.54) is 57.8 Å². The second-order valence-electron chi connectivity index (χ2n) is 10.6. The zero-order valence-corrected chi connectivity index (χ0v) is 23.1. The SMILES string of the molecule is CC(C)CCOC(=O)CCCCCC/C=C/CCCCCCCCCCC(=O)OCCC(C)C. The van der Waals surface area contributed by atoms with Crippen molar-refractivity contribution in [1.82, 2.24) is 0 Å². The van der Waals surface area contributed by atoms with Crippen LogP contribution in [0.2, 0.25) is 0 Å². The zero-order valence-electron chi connectivity index (χ0n) is 23.1. The maximum atomic E-state index is 11.6. The summed E-state index contributed by atoms with van der Waals surface area (Å²) in [5.74, 6) is 1.12. The van der Waals surface area contributed by atoms with Gasteiger partial charge in [0.25, 0.3) is 0 Å². The second kappa shape index (κ2) is 24.8. The summed E-state index contributed by atoms with van der Waals surface area (Å²) in [6, 6.07) is 0. The standard InChI is InChI=1S/C30H56O4/c1-27(2)23-25-33-29(31)21-19-17-15-13-11-9-7-5-6-8-10-12-14-16-18-20-22-30(32)34-26-24-28(3)4/h7,9,27-28H,5-6,8,10-26H2,1-4H3/b9-7+. The molecule has 4 nitrogen and oxygen atoms in total. The Labute approximate surface area is 211 Å². The molecule has 0 aliphatic carbocycles. The predicted molar refractivity (Wildman–Crippen MR) is 144 cm³/mol. The highest BCUT2D eigenvalue weighted by Gasteiger charge is 2.04. The molecule has 0 aromatic carbocycles. The van der Waals surface area contributed by atoms with E-state index < -0.39 is 0 Å². The summed E-state index contributed by atoms with van der Waals surface area (Å²) in [7, 11) is 0. The normalized spacial score (nSPS) is 11.6. The van der Waals surface area contributed by atoms with Crippen molar-refractivity contribution in [2.24, 2.45) is 11.8 Å². The van der Waals surface area contributed by atoms with Crippen LogP contribution in [-0.2, 0) is 19.1 Å². The predicted octanol–water partition coefficient (Wildman–Crippen LogP) is 8.96. The molecule has 0 aliphatic rings. The number of unbranched alkanes of at least 4 members (excludes halogenated alkanes) is 12. The summed E-state index contributed by atoms with van der Waals surface area (Å²) in [5.41, 5.74) is 0. The Morgan fingerprint density at radius 2 is 0.853 bits per heavy atom. The lowest BCUT2D eigenvalue weighted by molar-refractivity contribution is -0.145. The number of carbonyl (C=O) groups is 2. The Morgan fingerprint density at radius 1 is 0.529 bits per heavy atom. The molecule has 0 fully saturated rings. The number of hydrogen-bond donors (Lipinski definition) is 0. The van der Waals surface area contributed by atoms with Gasteiger partial charge in [-0.25, -0.2) is 0 Å². The maximum Gasteiger partial charge on any atom is 0.305 e. The first-order chi connectivity index (χ1) is 16.4. The van der Waals surface area contributed by atoms with Gasteiger partial charge < -0.3 is 9.47 Å². The van der Waals surface area contributed by atoms with Crippen LogP contribution in [0.15, 0.2) is 12.2 Å². The number of ether oxygens (including phenoxy) is 2. The van der Waals surface area contributed by atoms with Crippen LogP contribution < -0.4 is 0 Å². The lowest BCUT2D eigenvalue weighted by Crippen LogP contribution is -2.07. The van der Waals surface area contributed by atoms with Crippen LogP contribution >= 0.6 is 0 Å². The van der Waals surface area contributed by atoms with Crippen molar-refractivity contribution < 1.29 is 19.1 Å². The molecule has 0 unspecified atom stereocenters. The summed E-state index contributed by atoms with van der Waals surface area (Å²) in [6.07, 6.45) is 24.5. The topological polar surface area (TPSA) is 52.6 Å². The van der Waals surface area contributed by atoms with Gasteiger partial charge in [-0.1, -0.05) is 91.2 Å². The first kappa shape index (κ1) is 32.7. The molecule has 0 saturated carbocycles. The zero-order chi connectivity index (χ0) is 25.3. The highest BCUT2D eigenvalue weighted by Crippen LogP contribution is 2.12. The first-order valence-corrected chi connectivity index (χ1v) is 14.4. The Hall–Kier alpha value is -1.32. The van der Waals surface area contributed by atoms with E-state index >= 15 is 0 Å². The summed E-state index contributed by atoms with van der Waals surface area (Å²) < 4.78 is 10.5. The minimum atomic E-state index is -0.0324. The summed E-state index contributed by atoms with van der Waals surface area (Å²) in [4.78, 5) is 23.2. The van der Waals surface area contributed by atoms with Crippen LogP contribution in [-0.4, -0.2) is 25.2 Å². The van der Waals surface area contributed by atoms with Crippen molar-refractivity contribution in [3.8, 4) is 0 Å². The van der Waals surface area contributed by atoms with Crippen molar-refractivity contribution in [2.75, 3.05) is 13.2 Å². The van der Waals surface area contributed by atoms with E-state index in [2.05, 4.69) is 39.8 Å². The fourth-order valence-corrected chi connectivity index (χ4v) is 3.67. The first-order valence-electron chi connectivity index (χ1n) is 14.4.